The lowest BCUT2D eigenvalue weighted by atomic mass is 10.0. The van der Waals surface area contributed by atoms with Gasteiger partial charge in [0.15, 0.2) is 11.6 Å². The number of fused-ring (bicyclic) bond motifs is 4. The first kappa shape index (κ1) is 25.3. The van der Waals surface area contributed by atoms with Crippen LogP contribution in [0.2, 0.25) is 0 Å². The highest BCUT2D eigenvalue weighted by Crippen LogP contribution is 2.62. The number of hydrogen-bond acceptors (Lipinski definition) is 5. The van der Waals surface area contributed by atoms with Crippen LogP contribution in [-0.4, -0.2) is 9.97 Å². The first-order valence-electron chi connectivity index (χ1n) is 15.1. The van der Waals surface area contributed by atoms with E-state index in [1.807, 2.05) is 12.1 Å². The number of aromatic nitrogens is 2. The summed E-state index contributed by atoms with van der Waals surface area (Å²) in [5.74, 6) is 1.68. The quantitative estimate of drug-likeness (QED) is 0.208. The van der Waals surface area contributed by atoms with Gasteiger partial charge in [-0.3, -0.25) is 4.90 Å². The molecule has 0 amide bonds. The third kappa shape index (κ3) is 4.02. The van der Waals surface area contributed by atoms with Crippen molar-refractivity contribution in [1.29, 1.82) is 0 Å². The molecule has 0 radical (unpaired) electrons. The van der Waals surface area contributed by atoms with E-state index in [9.17, 15) is 0 Å². The van der Waals surface area contributed by atoms with Crippen LogP contribution >= 0.6 is 0 Å². The van der Waals surface area contributed by atoms with Gasteiger partial charge >= 0.3 is 0 Å². The van der Waals surface area contributed by atoms with Gasteiger partial charge in [-0.1, -0.05) is 103 Å². The van der Waals surface area contributed by atoms with Crippen molar-refractivity contribution in [3.8, 4) is 22.5 Å². The van der Waals surface area contributed by atoms with Crippen LogP contribution in [0.5, 0.6) is 0 Å². The molecular formula is C40H27N5. The third-order valence-corrected chi connectivity index (χ3v) is 8.48. The van der Waals surface area contributed by atoms with E-state index in [1.54, 1.807) is 0 Å². The minimum atomic E-state index is 0.840. The lowest BCUT2D eigenvalue weighted by Crippen LogP contribution is -2.31. The molecule has 0 saturated heterocycles. The number of anilines is 9. The summed E-state index contributed by atoms with van der Waals surface area (Å²) in [6, 6.07) is 57.0. The van der Waals surface area contributed by atoms with Crippen molar-refractivity contribution >= 4 is 51.4 Å². The average Bonchev–Trinajstić information content (AvgIpc) is 3.12. The molecule has 0 bridgehead atoms. The molecule has 2 aliphatic rings. The second-order valence-corrected chi connectivity index (χ2v) is 11.1. The van der Waals surface area contributed by atoms with Crippen LogP contribution in [0.25, 0.3) is 22.5 Å². The summed E-state index contributed by atoms with van der Waals surface area (Å²) in [4.78, 5) is 17.7. The van der Waals surface area contributed by atoms with E-state index in [1.165, 1.54) is 0 Å². The molecular weight excluding hydrogens is 550 g/mol. The van der Waals surface area contributed by atoms with Crippen LogP contribution in [0.15, 0.2) is 164 Å². The zero-order valence-electron chi connectivity index (χ0n) is 24.3. The average molecular weight is 578 g/mol. The van der Waals surface area contributed by atoms with Gasteiger partial charge in [-0.15, -0.1) is 0 Å². The predicted octanol–water partition coefficient (Wildman–Crippen LogP) is 10.8. The van der Waals surface area contributed by atoms with Crippen LogP contribution in [0, 0.1) is 0 Å². The summed E-state index contributed by atoms with van der Waals surface area (Å²) < 4.78 is 0. The molecule has 4 heterocycles. The Kier molecular flexibility index (Phi) is 5.74. The Morgan fingerprint density at radius 1 is 0.311 bits per heavy atom. The Bertz CT molecular complexity index is 2010. The van der Waals surface area contributed by atoms with Gasteiger partial charge in [-0.05, 0) is 60.7 Å². The monoisotopic (exact) mass is 577 g/mol. The van der Waals surface area contributed by atoms with E-state index >= 15 is 0 Å². The second-order valence-electron chi connectivity index (χ2n) is 11.1. The topological polar surface area (TPSA) is 35.5 Å². The normalized spacial score (nSPS) is 12.8. The summed E-state index contributed by atoms with van der Waals surface area (Å²) in [7, 11) is 0. The molecule has 0 atom stereocenters. The van der Waals surface area contributed by atoms with Gasteiger partial charge in [0.1, 0.15) is 0 Å². The summed E-state index contributed by atoms with van der Waals surface area (Å²) in [5, 5.41) is 0. The number of nitrogens with zero attached hydrogens (tertiary/aromatic N) is 5. The molecule has 0 aliphatic carbocycles. The van der Waals surface area contributed by atoms with E-state index in [4.69, 9.17) is 9.97 Å². The van der Waals surface area contributed by atoms with Crippen LogP contribution in [0.4, 0.5) is 51.4 Å². The molecule has 0 unspecified atom stereocenters. The minimum absolute atomic E-state index is 0.840. The van der Waals surface area contributed by atoms with Crippen LogP contribution in [-0.2, 0) is 0 Å². The molecule has 0 spiro atoms. The van der Waals surface area contributed by atoms with Gasteiger partial charge in [-0.2, -0.15) is 0 Å². The van der Waals surface area contributed by atoms with Gasteiger partial charge in [0.2, 0.25) is 0 Å². The van der Waals surface area contributed by atoms with Crippen LogP contribution in [0.1, 0.15) is 0 Å². The number of hydrogen-bond donors (Lipinski definition) is 0. The maximum Gasteiger partial charge on any atom is 0.164 e. The fourth-order valence-corrected chi connectivity index (χ4v) is 6.49. The Balaban J connectivity index is 1.37. The van der Waals surface area contributed by atoms with E-state index < -0.39 is 0 Å². The van der Waals surface area contributed by atoms with Crippen molar-refractivity contribution in [3.63, 3.8) is 0 Å². The molecule has 5 aromatic carbocycles. The van der Waals surface area contributed by atoms with E-state index in [0.29, 0.717) is 0 Å². The standard InChI is InChI=1S/C40H27N5/c1-5-14-28(15-6-1)32-24-26-36-39(41-32)45-38-34(43(36)30-18-9-3-10-19-30)22-13-23-35(38)44(31-20-11-4-12-21-31)37-27-25-33(42-40(37)45)29-16-7-2-8-17-29/h1-27H. The van der Waals surface area contributed by atoms with Crippen molar-refractivity contribution in [2.75, 3.05) is 14.7 Å². The number of rotatable bonds is 4. The Labute approximate surface area is 261 Å². The Hall–Kier alpha value is -6.20. The van der Waals surface area contributed by atoms with Gasteiger partial charge in [0, 0.05) is 22.5 Å². The van der Waals surface area contributed by atoms with Crippen molar-refractivity contribution in [2.24, 2.45) is 0 Å². The maximum absolute atomic E-state index is 5.41. The summed E-state index contributed by atoms with van der Waals surface area (Å²) in [6.07, 6.45) is 0. The van der Waals surface area contributed by atoms with Gasteiger partial charge < -0.3 is 9.80 Å². The molecule has 45 heavy (non-hydrogen) atoms. The van der Waals surface area contributed by atoms with Crippen molar-refractivity contribution in [3.05, 3.63) is 164 Å². The maximum atomic E-state index is 5.41. The number of pyridine rings is 2. The number of benzene rings is 5. The van der Waals surface area contributed by atoms with Crippen LogP contribution in [0.3, 0.4) is 0 Å². The lowest BCUT2D eigenvalue weighted by Gasteiger charge is -2.45. The van der Waals surface area contributed by atoms with E-state index in [-0.39, 0.29) is 0 Å². The molecule has 2 aromatic heterocycles. The first-order valence-corrected chi connectivity index (χ1v) is 15.1. The highest BCUT2D eigenvalue weighted by Gasteiger charge is 2.41. The molecule has 0 fully saturated rings. The third-order valence-electron chi connectivity index (χ3n) is 8.48. The SMILES string of the molecule is c1ccc(-c2ccc3c(n2)N2c4nc(-c5ccccc5)ccc4N(c4ccccc4)c4cccc(c42)N3c2ccccc2)cc1. The minimum Gasteiger partial charge on any atom is -0.305 e. The summed E-state index contributed by atoms with van der Waals surface area (Å²) >= 11 is 0. The van der Waals surface area contributed by atoms with Crippen molar-refractivity contribution < 1.29 is 0 Å². The van der Waals surface area contributed by atoms with Gasteiger partial charge in [0.05, 0.1) is 39.8 Å². The van der Waals surface area contributed by atoms with Crippen molar-refractivity contribution in [1.82, 2.24) is 9.97 Å². The lowest BCUT2D eigenvalue weighted by molar-refractivity contribution is 1.04. The molecule has 5 nitrogen and oxygen atoms in total. The Morgan fingerprint density at radius 3 is 1.13 bits per heavy atom. The first-order chi connectivity index (χ1) is 22.3. The van der Waals surface area contributed by atoms with Gasteiger partial charge in [-0.25, -0.2) is 9.97 Å². The molecule has 0 saturated carbocycles. The van der Waals surface area contributed by atoms with Crippen molar-refractivity contribution in [2.45, 2.75) is 0 Å². The molecule has 2 aliphatic heterocycles. The Morgan fingerprint density at radius 2 is 0.711 bits per heavy atom. The zero-order valence-corrected chi connectivity index (χ0v) is 24.3. The molecule has 7 aromatic rings. The molecule has 212 valence electrons. The predicted molar refractivity (Wildman–Crippen MR) is 184 cm³/mol. The summed E-state index contributed by atoms with van der Waals surface area (Å²) in [5.41, 5.74) is 11.3. The summed E-state index contributed by atoms with van der Waals surface area (Å²) in [6.45, 7) is 0. The van der Waals surface area contributed by atoms with E-state index in [0.717, 1.165) is 74.0 Å². The molecule has 9 rings (SSSR count). The zero-order chi connectivity index (χ0) is 29.7. The number of para-hydroxylation sites is 3. The highest BCUT2D eigenvalue weighted by atomic mass is 15.4. The molecule has 5 heteroatoms. The largest absolute Gasteiger partial charge is 0.305 e. The van der Waals surface area contributed by atoms with Gasteiger partial charge in [0.25, 0.3) is 0 Å². The smallest absolute Gasteiger partial charge is 0.164 e. The fraction of sp³-hybridized carbons (Fsp3) is 0. The fourth-order valence-electron chi connectivity index (χ4n) is 6.49. The van der Waals surface area contributed by atoms with E-state index in [2.05, 4.69) is 166 Å². The molecule has 0 N–H and O–H groups in total. The second kappa shape index (κ2) is 10.2. The highest BCUT2D eigenvalue weighted by molar-refractivity contribution is 6.11. The van der Waals surface area contributed by atoms with Crippen LogP contribution < -0.4 is 14.7 Å².